The molecule has 1 atom stereocenters. The number of amides is 3. The average Bonchev–Trinajstić information content (AvgIpc) is 3.05. The Balaban J connectivity index is 1.66. The van der Waals surface area contributed by atoms with Gasteiger partial charge in [0.05, 0.1) is 0 Å². The maximum Gasteiger partial charge on any atom is 0.318 e. The molecule has 126 valence electrons. The first-order valence-corrected chi connectivity index (χ1v) is 7.76. The van der Waals surface area contributed by atoms with Crippen molar-refractivity contribution < 1.29 is 14.1 Å². The van der Waals surface area contributed by atoms with Crippen LogP contribution in [0.25, 0.3) is 11.4 Å². The Hall–Kier alpha value is -2.90. The van der Waals surface area contributed by atoms with Gasteiger partial charge >= 0.3 is 6.03 Å². The number of carbonyl (C=O) groups is 2. The van der Waals surface area contributed by atoms with Crippen molar-refractivity contribution in [1.29, 1.82) is 0 Å². The quantitative estimate of drug-likeness (QED) is 0.882. The summed E-state index contributed by atoms with van der Waals surface area (Å²) in [7, 11) is 0. The Labute approximate surface area is 139 Å². The lowest BCUT2D eigenvalue weighted by atomic mass is 10.1. The van der Waals surface area contributed by atoms with Gasteiger partial charge in [-0.15, -0.1) is 0 Å². The van der Waals surface area contributed by atoms with Gasteiger partial charge in [-0.3, -0.25) is 4.79 Å². The molecular weight excluding hydrogens is 310 g/mol. The summed E-state index contributed by atoms with van der Waals surface area (Å²) in [5.74, 6) is 0.636. The van der Waals surface area contributed by atoms with Gasteiger partial charge in [-0.1, -0.05) is 28.9 Å². The van der Waals surface area contributed by atoms with E-state index in [4.69, 9.17) is 4.52 Å². The first-order valence-electron chi connectivity index (χ1n) is 7.76. The van der Waals surface area contributed by atoms with Crippen molar-refractivity contribution >= 4 is 11.9 Å². The van der Waals surface area contributed by atoms with Crippen LogP contribution in [0.4, 0.5) is 4.79 Å². The number of nitrogens with zero attached hydrogens (tertiary/aromatic N) is 3. The van der Waals surface area contributed by atoms with Gasteiger partial charge in [-0.25, -0.2) is 4.79 Å². The van der Waals surface area contributed by atoms with Gasteiger partial charge < -0.3 is 20.1 Å². The summed E-state index contributed by atoms with van der Waals surface area (Å²) in [6.07, 6.45) is 0. The van der Waals surface area contributed by atoms with Crippen LogP contribution in [0.1, 0.15) is 24.4 Å². The van der Waals surface area contributed by atoms with Crippen LogP contribution in [0.15, 0.2) is 28.8 Å². The van der Waals surface area contributed by atoms with E-state index < -0.39 is 6.04 Å². The maximum atomic E-state index is 12.2. The molecular formula is C16H19N5O3. The topological polar surface area (TPSA) is 100 Å². The van der Waals surface area contributed by atoms with Crippen molar-refractivity contribution in [3.05, 3.63) is 35.7 Å². The zero-order chi connectivity index (χ0) is 17.1. The Kier molecular flexibility index (Phi) is 4.45. The molecule has 0 saturated carbocycles. The van der Waals surface area contributed by atoms with Crippen LogP contribution in [0, 0.1) is 6.92 Å². The summed E-state index contributed by atoms with van der Waals surface area (Å²) in [5, 5.41) is 9.42. The van der Waals surface area contributed by atoms with E-state index in [1.165, 1.54) is 4.90 Å². The molecule has 1 saturated heterocycles. The Morgan fingerprint density at radius 1 is 1.46 bits per heavy atom. The van der Waals surface area contributed by atoms with Crippen LogP contribution in [0.2, 0.25) is 0 Å². The second-order valence-corrected chi connectivity index (χ2v) is 5.77. The first kappa shape index (κ1) is 16.0. The minimum atomic E-state index is -0.450. The molecule has 0 radical (unpaired) electrons. The highest BCUT2D eigenvalue weighted by Gasteiger charge is 2.24. The molecule has 1 aromatic carbocycles. The molecule has 0 bridgehead atoms. The monoisotopic (exact) mass is 329 g/mol. The average molecular weight is 329 g/mol. The fourth-order valence-corrected chi connectivity index (χ4v) is 2.46. The molecule has 24 heavy (non-hydrogen) atoms. The molecule has 0 aliphatic carbocycles. The summed E-state index contributed by atoms with van der Waals surface area (Å²) >= 11 is 0. The van der Waals surface area contributed by atoms with E-state index in [9.17, 15) is 9.59 Å². The fourth-order valence-electron chi connectivity index (χ4n) is 2.46. The Morgan fingerprint density at radius 2 is 2.29 bits per heavy atom. The lowest BCUT2D eigenvalue weighted by molar-refractivity contribution is -0.123. The molecule has 3 amide bonds. The van der Waals surface area contributed by atoms with Crippen LogP contribution in [0.5, 0.6) is 0 Å². The van der Waals surface area contributed by atoms with Crippen LogP contribution in [-0.2, 0) is 4.79 Å². The number of hydrogen-bond acceptors (Lipinski definition) is 5. The normalized spacial score (nSPS) is 15.8. The number of benzene rings is 1. The lowest BCUT2D eigenvalue weighted by Gasteiger charge is -2.27. The van der Waals surface area contributed by atoms with Crippen LogP contribution < -0.4 is 10.6 Å². The van der Waals surface area contributed by atoms with Gasteiger partial charge in [0.1, 0.15) is 12.6 Å². The van der Waals surface area contributed by atoms with Crippen molar-refractivity contribution in [2.75, 3.05) is 19.6 Å². The van der Waals surface area contributed by atoms with Crippen LogP contribution in [-0.4, -0.2) is 46.6 Å². The van der Waals surface area contributed by atoms with Gasteiger partial charge in [0.15, 0.2) is 0 Å². The van der Waals surface area contributed by atoms with E-state index in [1.54, 1.807) is 6.92 Å². The molecule has 1 aliphatic heterocycles. The van der Waals surface area contributed by atoms with Crippen molar-refractivity contribution in [3.63, 3.8) is 0 Å². The summed E-state index contributed by atoms with van der Waals surface area (Å²) in [6.45, 7) is 4.73. The summed E-state index contributed by atoms with van der Waals surface area (Å²) < 4.78 is 5.26. The third-order valence-electron chi connectivity index (χ3n) is 3.75. The lowest BCUT2D eigenvalue weighted by Crippen LogP contribution is -2.53. The van der Waals surface area contributed by atoms with Crippen LogP contribution in [0.3, 0.4) is 0 Å². The number of urea groups is 1. The van der Waals surface area contributed by atoms with Crippen molar-refractivity contribution in [2.45, 2.75) is 19.9 Å². The number of piperazine rings is 1. The third-order valence-corrected chi connectivity index (χ3v) is 3.75. The number of aromatic nitrogens is 2. The number of nitrogens with one attached hydrogen (secondary N) is 2. The summed E-state index contributed by atoms with van der Waals surface area (Å²) in [6, 6.07) is 7.00. The van der Waals surface area contributed by atoms with Gasteiger partial charge in [-0.2, -0.15) is 4.98 Å². The SMILES string of the molecule is Cc1cccc(-c2noc([C@H](C)NC(=O)N3CCNC(=O)C3)n2)c1. The predicted octanol–water partition coefficient (Wildman–Crippen LogP) is 1.25. The molecule has 0 unspecified atom stereocenters. The zero-order valence-corrected chi connectivity index (χ0v) is 13.6. The van der Waals surface area contributed by atoms with Gasteiger partial charge in [0, 0.05) is 18.7 Å². The summed E-state index contributed by atoms with van der Waals surface area (Å²) in [4.78, 5) is 29.3. The molecule has 2 aromatic rings. The molecule has 0 spiro atoms. The largest absolute Gasteiger partial charge is 0.353 e. The van der Waals surface area contributed by atoms with Crippen molar-refractivity contribution in [2.24, 2.45) is 0 Å². The molecule has 2 N–H and O–H groups in total. The van der Waals surface area contributed by atoms with E-state index in [-0.39, 0.29) is 18.5 Å². The second kappa shape index (κ2) is 6.69. The van der Waals surface area contributed by atoms with Crippen molar-refractivity contribution in [3.8, 4) is 11.4 Å². The van der Waals surface area contributed by atoms with Gasteiger partial charge in [0.25, 0.3) is 0 Å². The standard InChI is InChI=1S/C16H19N5O3/c1-10-4-3-5-12(8-10)14-19-15(24-20-14)11(2)18-16(23)21-7-6-17-13(22)9-21/h3-5,8,11H,6-7,9H2,1-2H3,(H,17,22)(H,18,23)/t11-/m0/s1. The molecule has 2 heterocycles. The highest BCUT2D eigenvalue weighted by Crippen LogP contribution is 2.19. The molecule has 8 heteroatoms. The Morgan fingerprint density at radius 3 is 3.04 bits per heavy atom. The van der Waals surface area contributed by atoms with E-state index in [1.807, 2.05) is 31.2 Å². The number of aryl methyl sites for hydroxylation is 1. The molecule has 1 fully saturated rings. The van der Waals surface area contributed by atoms with E-state index >= 15 is 0 Å². The van der Waals surface area contributed by atoms with Gasteiger partial charge in [0.2, 0.25) is 17.6 Å². The first-order chi connectivity index (χ1) is 11.5. The zero-order valence-electron chi connectivity index (χ0n) is 13.6. The van der Waals surface area contributed by atoms with E-state index in [0.717, 1.165) is 11.1 Å². The van der Waals surface area contributed by atoms with Gasteiger partial charge in [-0.05, 0) is 19.9 Å². The van der Waals surface area contributed by atoms with Crippen molar-refractivity contribution in [1.82, 2.24) is 25.7 Å². The van der Waals surface area contributed by atoms with Crippen LogP contribution >= 0.6 is 0 Å². The maximum absolute atomic E-state index is 12.2. The number of hydrogen-bond donors (Lipinski definition) is 2. The molecule has 1 aromatic heterocycles. The highest BCUT2D eigenvalue weighted by atomic mass is 16.5. The fraction of sp³-hybridized carbons (Fsp3) is 0.375. The summed E-state index contributed by atoms with van der Waals surface area (Å²) in [5.41, 5.74) is 1.96. The minimum absolute atomic E-state index is 0.0525. The Bertz CT molecular complexity index is 758. The predicted molar refractivity (Wildman–Crippen MR) is 86.0 cm³/mol. The highest BCUT2D eigenvalue weighted by molar-refractivity contribution is 5.85. The third kappa shape index (κ3) is 3.53. The van der Waals surface area contributed by atoms with E-state index in [2.05, 4.69) is 20.8 Å². The second-order valence-electron chi connectivity index (χ2n) is 5.77. The number of rotatable bonds is 3. The number of carbonyl (C=O) groups excluding carboxylic acids is 2. The molecule has 1 aliphatic rings. The van der Waals surface area contributed by atoms with E-state index in [0.29, 0.717) is 24.8 Å². The molecule has 8 nitrogen and oxygen atoms in total. The minimum Gasteiger partial charge on any atom is -0.353 e. The molecule has 3 rings (SSSR count). The smallest absolute Gasteiger partial charge is 0.318 e.